The van der Waals surface area contributed by atoms with Crippen molar-refractivity contribution in [3.05, 3.63) is 58.6 Å². The van der Waals surface area contributed by atoms with Gasteiger partial charge in [-0.2, -0.15) is 0 Å². The van der Waals surface area contributed by atoms with Crippen LogP contribution in [0.25, 0.3) is 0 Å². The number of carbonyl (C=O) groups is 2. The van der Waals surface area contributed by atoms with E-state index in [-0.39, 0.29) is 13.1 Å². The van der Waals surface area contributed by atoms with Gasteiger partial charge in [0.05, 0.1) is 21.4 Å². The van der Waals surface area contributed by atoms with E-state index >= 15 is 0 Å². The number of hydrogen-bond acceptors (Lipinski definition) is 2. The molecule has 0 radical (unpaired) electrons. The van der Waals surface area contributed by atoms with E-state index in [9.17, 15) is 9.59 Å². The van der Waals surface area contributed by atoms with E-state index < -0.39 is 12.1 Å². The number of amides is 4. The van der Waals surface area contributed by atoms with E-state index in [4.69, 9.17) is 23.2 Å². The van der Waals surface area contributed by atoms with Crippen molar-refractivity contribution < 1.29 is 9.59 Å². The number of benzene rings is 2. The quantitative estimate of drug-likeness (QED) is 0.604. The monoisotopic (exact) mass is 366 g/mol. The second-order valence-corrected chi connectivity index (χ2v) is 5.54. The van der Waals surface area contributed by atoms with Gasteiger partial charge in [-0.1, -0.05) is 47.5 Å². The molecule has 2 rings (SSSR count). The summed E-state index contributed by atoms with van der Waals surface area (Å²) in [7, 11) is 0. The molecule has 0 fully saturated rings. The Morgan fingerprint density at radius 2 is 1.08 bits per heavy atom. The number of carbonyl (C=O) groups excluding carboxylic acids is 2. The second-order valence-electron chi connectivity index (χ2n) is 4.72. The molecule has 24 heavy (non-hydrogen) atoms. The Morgan fingerprint density at radius 1 is 0.708 bits per heavy atom. The minimum Gasteiger partial charge on any atom is -0.336 e. The van der Waals surface area contributed by atoms with E-state index in [1.807, 2.05) is 0 Å². The maximum absolute atomic E-state index is 11.7. The highest BCUT2D eigenvalue weighted by atomic mass is 35.5. The average Bonchev–Trinajstić information content (AvgIpc) is 2.56. The van der Waals surface area contributed by atoms with Gasteiger partial charge in [0.1, 0.15) is 0 Å². The van der Waals surface area contributed by atoms with Crippen molar-refractivity contribution >= 4 is 46.6 Å². The summed E-state index contributed by atoms with van der Waals surface area (Å²) >= 11 is 11.9. The summed E-state index contributed by atoms with van der Waals surface area (Å²) in [5, 5.41) is 11.4. The topological polar surface area (TPSA) is 82.3 Å². The molecule has 4 N–H and O–H groups in total. The number of anilines is 2. The summed E-state index contributed by atoms with van der Waals surface area (Å²) in [6, 6.07) is 13.0. The van der Waals surface area contributed by atoms with Crippen LogP contribution in [0, 0.1) is 0 Å². The lowest BCUT2D eigenvalue weighted by molar-refractivity contribution is 0.248. The van der Waals surface area contributed by atoms with Crippen LogP contribution < -0.4 is 21.3 Å². The number of hydrogen-bond donors (Lipinski definition) is 4. The highest BCUT2D eigenvalue weighted by molar-refractivity contribution is 6.34. The van der Waals surface area contributed by atoms with Crippen LogP contribution in [0.15, 0.2) is 48.5 Å². The first-order chi connectivity index (χ1) is 11.6. The highest BCUT2D eigenvalue weighted by Gasteiger charge is 2.06. The van der Waals surface area contributed by atoms with Crippen LogP contribution in [0.3, 0.4) is 0 Å². The highest BCUT2D eigenvalue weighted by Crippen LogP contribution is 2.20. The molecule has 0 aliphatic carbocycles. The first-order valence-electron chi connectivity index (χ1n) is 7.15. The molecular weight excluding hydrogens is 351 g/mol. The molecule has 2 aromatic rings. The lowest BCUT2D eigenvalue weighted by Gasteiger charge is -2.10. The zero-order valence-electron chi connectivity index (χ0n) is 12.6. The fraction of sp³-hybridized carbons (Fsp3) is 0.125. The number of nitrogens with one attached hydrogen (secondary N) is 4. The van der Waals surface area contributed by atoms with Crippen molar-refractivity contribution in [2.45, 2.75) is 0 Å². The number of halogens is 2. The summed E-state index contributed by atoms with van der Waals surface area (Å²) in [5.74, 6) is 0. The molecule has 126 valence electrons. The third kappa shape index (κ3) is 5.64. The molecule has 0 unspecified atom stereocenters. The van der Waals surface area contributed by atoms with Crippen LogP contribution in [-0.4, -0.2) is 25.2 Å². The van der Waals surface area contributed by atoms with Crippen molar-refractivity contribution in [3.63, 3.8) is 0 Å². The standard InChI is InChI=1S/C16H16Cl2N4O2/c17-11-5-1-3-7-13(11)21-15(23)19-9-10-20-16(24)22-14-8-4-2-6-12(14)18/h1-8H,9-10H2,(H2,19,21,23)(H2,20,22,24). The van der Waals surface area contributed by atoms with Crippen molar-refractivity contribution in [1.82, 2.24) is 10.6 Å². The van der Waals surface area contributed by atoms with E-state index in [0.29, 0.717) is 21.4 Å². The Kier molecular flexibility index (Phi) is 6.72. The van der Waals surface area contributed by atoms with Gasteiger partial charge in [0, 0.05) is 13.1 Å². The largest absolute Gasteiger partial charge is 0.336 e. The van der Waals surface area contributed by atoms with Gasteiger partial charge in [-0.15, -0.1) is 0 Å². The smallest absolute Gasteiger partial charge is 0.319 e. The molecule has 0 bridgehead atoms. The molecule has 0 aromatic heterocycles. The Bertz CT molecular complexity index is 663. The number of para-hydroxylation sites is 2. The zero-order valence-corrected chi connectivity index (χ0v) is 14.1. The SMILES string of the molecule is O=C(NCCNC(=O)Nc1ccccc1Cl)Nc1ccccc1Cl. The maximum Gasteiger partial charge on any atom is 0.319 e. The summed E-state index contributed by atoms with van der Waals surface area (Å²) in [5.41, 5.74) is 1.03. The van der Waals surface area contributed by atoms with Crippen LogP contribution in [0.5, 0.6) is 0 Å². The summed E-state index contributed by atoms with van der Waals surface area (Å²) in [6.45, 7) is 0.512. The molecule has 6 nitrogen and oxygen atoms in total. The lowest BCUT2D eigenvalue weighted by atomic mass is 10.3. The van der Waals surface area contributed by atoms with Crippen LogP contribution in [0.2, 0.25) is 10.0 Å². The first kappa shape index (κ1) is 17.9. The predicted molar refractivity (Wildman–Crippen MR) is 96.9 cm³/mol. The van der Waals surface area contributed by atoms with Gasteiger partial charge in [0.2, 0.25) is 0 Å². The average molecular weight is 367 g/mol. The molecular formula is C16H16Cl2N4O2. The maximum atomic E-state index is 11.7. The minimum absolute atomic E-state index is 0.256. The van der Waals surface area contributed by atoms with Crippen molar-refractivity contribution in [1.29, 1.82) is 0 Å². The fourth-order valence-electron chi connectivity index (χ4n) is 1.81. The van der Waals surface area contributed by atoms with Crippen LogP contribution >= 0.6 is 23.2 Å². The van der Waals surface area contributed by atoms with E-state index in [0.717, 1.165) is 0 Å². The Balaban J connectivity index is 1.67. The van der Waals surface area contributed by atoms with Gasteiger partial charge in [-0.25, -0.2) is 9.59 Å². The third-order valence-electron chi connectivity index (χ3n) is 2.94. The molecule has 0 saturated heterocycles. The summed E-state index contributed by atoms with van der Waals surface area (Å²) in [4.78, 5) is 23.4. The van der Waals surface area contributed by atoms with Crippen LogP contribution in [-0.2, 0) is 0 Å². The summed E-state index contributed by atoms with van der Waals surface area (Å²) < 4.78 is 0. The first-order valence-corrected chi connectivity index (χ1v) is 7.90. The van der Waals surface area contributed by atoms with Gasteiger partial charge in [-0.05, 0) is 24.3 Å². The Hall–Kier alpha value is -2.44. The molecule has 0 aliphatic rings. The fourth-order valence-corrected chi connectivity index (χ4v) is 2.18. The summed E-state index contributed by atoms with van der Waals surface area (Å²) in [6.07, 6.45) is 0. The number of urea groups is 2. The lowest BCUT2D eigenvalue weighted by Crippen LogP contribution is -2.38. The predicted octanol–water partition coefficient (Wildman–Crippen LogP) is 3.94. The van der Waals surface area contributed by atoms with Gasteiger partial charge in [0.25, 0.3) is 0 Å². The van der Waals surface area contributed by atoms with Crippen molar-refractivity contribution in [2.75, 3.05) is 23.7 Å². The third-order valence-corrected chi connectivity index (χ3v) is 3.60. The molecule has 0 atom stereocenters. The van der Waals surface area contributed by atoms with Crippen molar-refractivity contribution in [2.24, 2.45) is 0 Å². The normalized spacial score (nSPS) is 9.92. The Morgan fingerprint density at radius 3 is 1.46 bits per heavy atom. The zero-order chi connectivity index (χ0) is 17.4. The second kappa shape index (κ2) is 9.00. The van der Waals surface area contributed by atoms with Crippen LogP contribution in [0.1, 0.15) is 0 Å². The minimum atomic E-state index is -0.406. The molecule has 0 aliphatic heterocycles. The number of rotatable bonds is 5. The van der Waals surface area contributed by atoms with Crippen molar-refractivity contribution in [3.8, 4) is 0 Å². The molecule has 8 heteroatoms. The molecule has 2 aromatic carbocycles. The molecule has 0 saturated carbocycles. The van der Waals surface area contributed by atoms with Gasteiger partial charge >= 0.3 is 12.1 Å². The molecule has 0 heterocycles. The Labute approximate surface area is 149 Å². The van der Waals surface area contributed by atoms with Gasteiger partial charge in [0.15, 0.2) is 0 Å². The van der Waals surface area contributed by atoms with E-state index in [1.165, 1.54) is 0 Å². The van der Waals surface area contributed by atoms with Gasteiger partial charge < -0.3 is 21.3 Å². The van der Waals surface area contributed by atoms with E-state index in [2.05, 4.69) is 21.3 Å². The molecule has 4 amide bonds. The van der Waals surface area contributed by atoms with E-state index in [1.54, 1.807) is 48.5 Å². The molecule has 0 spiro atoms. The van der Waals surface area contributed by atoms with Gasteiger partial charge in [-0.3, -0.25) is 0 Å². The van der Waals surface area contributed by atoms with Crippen LogP contribution in [0.4, 0.5) is 21.0 Å².